The predicted octanol–water partition coefficient (Wildman–Crippen LogP) is 4.81. The SMILES string of the molecule is CC(C)C1(C)Cc2cc(OCC3CC3)c(C3CC3)cc2-c2cc(=O)c(C(=O)O)cn21. The second-order valence-corrected chi connectivity index (χ2v) is 9.88. The number of hydrogen-bond acceptors (Lipinski definition) is 3. The number of benzene rings is 1. The molecular formula is C25H29NO4. The van der Waals surface area contributed by atoms with Gasteiger partial charge in [0, 0.05) is 23.4 Å². The molecule has 1 aromatic heterocycles. The lowest BCUT2D eigenvalue weighted by Crippen LogP contribution is -2.42. The third kappa shape index (κ3) is 3.15. The minimum absolute atomic E-state index is 0.166. The molecule has 1 unspecified atom stereocenters. The van der Waals surface area contributed by atoms with Gasteiger partial charge in [0.1, 0.15) is 11.3 Å². The van der Waals surface area contributed by atoms with Crippen molar-refractivity contribution in [3.05, 3.63) is 51.3 Å². The summed E-state index contributed by atoms with van der Waals surface area (Å²) in [5.41, 5.74) is 3.36. The van der Waals surface area contributed by atoms with E-state index in [4.69, 9.17) is 4.74 Å². The standard InChI is InChI=1S/C25H29NO4/c1-14(2)25(3)11-17-8-23(30-13-15-4-5-15)19(16-6-7-16)9-18(17)21-10-22(27)20(24(28)29)12-26(21)25/h8-10,12,14-16H,4-7,11,13H2,1-3H3,(H,28,29). The van der Waals surface area contributed by atoms with E-state index in [0.29, 0.717) is 11.8 Å². The lowest BCUT2D eigenvalue weighted by atomic mass is 9.76. The van der Waals surface area contributed by atoms with E-state index in [1.807, 2.05) is 4.57 Å². The predicted molar refractivity (Wildman–Crippen MR) is 115 cm³/mol. The third-order valence-corrected chi connectivity index (χ3v) is 7.32. The van der Waals surface area contributed by atoms with Gasteiger partial charge in [-0.1, -0.05) is 13.8 Å². The molecule has 1 N–H and O–H groups in total. The number of ether oxygens (including phenoxy) is 1. The van der Waals surface area contributed by atoms with Crippen molar-refractivity contribution in [3.8, 4) is 17.0 Å². The summed E-state index contributed by atoms with van der Waals surface area (Å²) < 4.78 is 8.31. The molecule has 0 spiro atoms. The molecule has 158 valence electrons. The highest BCUT2D eigenvalue weighted by Crippen LogP contribution is 2.49. The zero-order valence-corrected chi connectivity index (χ0v) is 17.9. The van der Waals surface area contributed by atoms with E-state index in [9.17, 15) is 14.7 Å². The van der Waals surface area contributed by atoms with Crippen LogP contribution in [0.5, 0.6) is 5.75 Å². The van der Waals surface area contributed by atoms with E-state index in [2.05, 4.69) is 32.9 Å². The largest absolute Gasteiger partial charge is 0.493 e. The van der Waals surface area contributed by atoms with Gasteiger partial charge in [0.25, 0.3) is 0 Å². The van der Waals surface area contributed by atoms with Crippen LogP contribution in [0.1, 0.15) is 73.9 Å². The van der Waals surface area contributed by atoms with Crippen LogP contribution in [0.2, 0.25) is 0 Å². The van der Waals surface area contributed by atoms with Crippen molar-refractivity contribution in [2.45, 2.75) is 64.3 Å². The smallest absolute Gasteiger partial charge is 0.341 e. The topological polar surface area (TPSA) is 68.5 Å². The number of hydrogen-bond donors (Lipinski definition) is 1. The number of aromatic nitrogens is 1. The molecule has 0 radical (unpaired) electrons. The molecule has 2 fully saturated rings. The molecule has 2 aliphatic carbocycles. The van der Waals surface area contributed by atoms with E-state index in [1.165, 1.54) is 42.9 Å². The zero-order chi connectivity index (χ0) is 21.2. The second-order valence-electron chi connectivity index (χ2n) is 9.88. The van der Waals surface area contributed by atoms with Crippen molar-refractivity contribution in [2.24, 2.45) is 11.8 Å². The number of carboxylic acids is 1. The summed E-state index contributed by atoms with van der Waals surface area (Å²) in [4.78, 5) is 24.2. The summed E-state index contributed by atoms with van der Waals surface area (Å²) in [6, 6.07) is 5.93. The van der Waals surface area contributed by atoms with Gasteiger partial charge in [0.15, 0.2) is 5.43 Å². The molecule has 3 aliphatic rings. The average Bonchev–Trinajstić information content (AvgIpc) is 3.59. The number of pyridine rings is 1. The average molecular weight is 408 g/mol. The molecule has 5 rings (SSSR count). The number of rotatable bonds is 6. The van der Waals surface area contributed by atoms with Crippen molar-refractivity contribution < 1.29 is 14.6 Å². The Labute approximate surface area is 176 Å². The van der Waals surface area contributed by atoms with Gasteiger partial charge < -0.3 is 14.4 Å². The maximum absolute atomic E-state index is 12.6. The molecule has 5 heteroatoms. The highest BCUT2D eigenvalue weighted by atomic mass is 16.5. The van der Waals surface area contributed by atoms with Crippen molar-refractivity contribution in [1.29, 1.82) is 0 Å². The van der Waals surface area contributed by atoms with Gasteiger partial charge in [-0.05, 0) is 80.0 Å². The molecule has 0 amide bonds. The molecule has 0 bridgehead atoms. The number of carboxylic acid groups (broad SMARTS) is 1. The fraction of sp³-hybridized carbons (Fsp3) is 0.520. The van der Waals surface area contributed by atoms with Gasteiger partial charge >= 0.3 is 5.97 Å². The fourth-order valence-electron chi connectivity index (χ4n) is 4.63. The van der Waals surface area contributed by atoms with E-state index in [-0.39, 0.29) is 17.0 Å². The van der Waals surface area contributed by atoms with E-state index in [0.717, 1.165) is 30.0 Å². The van der Waals surface area contributed by atoms with Crippen LogP contribution in [-0.2, 0) is 12.0 Å². The van der Waals surface area contributed by atoms with E-state index < -0.39 is 11.4 Å². The molecule has 0 saturated heterocycles. The number of carbonyl (C=O) groups is 1. The zero-order valence-electron chi connectivity index (χ0n) is 17.9. The highest BCUT2D eigenvalue weighted by Gasteiger charge is 2.39. The summed E-state index contributed by atoms with van der Waals surface area (Å²) in [6.07, 6.45) is 7.20. The number of fused-ring (bicyclic) bond motifs is 3. The van der Waals surface area contributed by atoms with Crippen LogP contribution >= 0.6 is 0 Å². The van der Waals surface area contributed by atoms with E-state index >= 15 is 0 Å². The lowest BCUT2D eigenvalue weighted by Gasteiger charge is -2.43. The fourth-order valence-corrected chi connectivity index (χ4v) is 4.63. The maximum Gasteiger partial charge on any atom is 0.341 e. The van der Waals surface area contributed by atoms with Gasteiger partial charge in [-0.3, -0.25) is 4.79 Å². The molecule has 1 aliphatic heterocycles. The van der Waals surface area contributed by atoms with Crippen molar-refractivity contribution in [3.63, 3.8) is 0 Å². The van der Waals surface area contributed by atoms with Crippen LogP contribution in [0.4, 0.5) is 0 Å². The molecule has 2 saturated carbocycles. The van der Waals surface area contributed by atoms with Crippen LogP contribution in [0, 0.1) is 11.8 Å². The Morgan fingerprint density at radius 1 is 1.23 bits per heavy atom. The lowest BCUT2D eigenvalue weighted by molar-refractivity contribution is 0.0693. The summed E-state index contributed by atoms with van der Waals surface area (Å²) in [7, 11) is 0. The molecule has 1 atom stereocenters. The summed E-state index contributed by atoms with van der Waals surface area (Å²) >= 11 is 0. The van der Waals surface area contributed by atoms with Gasteiger partial charge in [-0.15, -0.1) is 0 Å². The third-order valence-electron chi connectivity index (χ3n) is 7.32. The van der Waals surface area contributed by atoms with Crippen LogP contribution in [0.3, 0.4) is 0 Å². The Morgan fingerprint density at radius 3 is 2.57 bits per heavy atom. The Kier molecular flexibility index (Phi) is 4.35. The maximum atomic E-state index is 12.6. The van der Waals surface area contributed by atoms with Gasteiger partial charge in [0.05, 0.1) is 12.3 Å². The first-order valence-corrected chi connectivity index (χ1v) is 11.1. The first-order chi connectivity index (χ1) is 14.3. The Morgan fingerprint density at radius 2 is 1.97 bits per heavy atom. The molecule has 1 aromatic carbocycles. The monoisotopic (exact) mass is 407 g/mol. The first-order valence-electron chi connectivity index (χ1n) is 11.1. The van der Waals surface area contributed by atoms with Gasteiger partial charge in [0.2, 0.25) is 0 Å². The summed E-state index contributed by atoms with van der Waals surface area (Å²) in [5.74, 6) is 1.32. The summed E-state index contributed by atoms with van der Waals surface area (Å²) in [6.45, 7) is 7.24. The highest BCUT2D eigenvalue weighted by molar-refractivity contribution is 5.88. The quantitative estimate of drug-likeness (QED) is 0.746. The minimum Gasteiger partial charge on any atom is -0.493 e. The van der Waals surface area contributed by atoms with E-state index in [1.54, 1.807) is 6.20 Å². The normalized spacial score (nSPS) is 22.5. The van der Waals surface area contributed by atoms with Crippen LogP contribution in [0.15, 0.2) is 29.2 Å². The van der Waals surface area contributed by atoms with Gasteiger partial charge in [-0.2, -0.15) is 0 Å². The van der Waals surface area contributed by atoms with Crippen LogP contribution in [-0.4, -0.2) is 22.2 Å². The first kappa shape index (κ1) is 19.4. The number of nitrogens with zero attached hydrogens (tertiary/aromatic N) is 1. The second kappa shape index (κ2) is 6.73. The van der Waals surface area contributed by atoms with Crippen molar-refractivity contribution >= 4 is 5.97 Å². The molecule has 30 heavy (non-hydrogen) atoms. The molecule has 2 aromatic rings. The van der Waals surface area contributed by atoms with Gasteiger partial charge in [-0.25, -0.2) is 4.79 Å². The number of aromatic carboxylic acids is 1. The summed E-state index contributed by atoms with van der Waals surface area (Å²) in [5, 5.41) is 9.51. The molecule has 5 nitrogen and oxygen atoms in total. The van der Waals surface area contributed by atoms with Crippen molar-refractivity contribution in [1.82, 2.24) is 4.57 Å². The molecular weight excluding hydrogens is 378 g/mol. The Bertz CT molecular complexity index is 1090. The van der Waals surface area contributed by atoms with Crippen molar-refractivity contribution in [2.75, 3.05) is 6.61 Å². The van der Waals surface area contributed by atoms with Crippen LogP contribution in [0.25, 0.3) is 11.3 Å². The molecule has 2 heterocycles. The Balaban J connectivity index is 1.69. The van der Waals surface area contributed by atoms with Crippen LogP contribution < -0.4 is 10.2 Å². The Hall–Kier alpha value is -2.56. The minimum atomic E-state index is -1.17.